The van der Waals surface area contributed by atoms with Crippen molar-refractivity contribution in [3.8, 4) is 0 Å². The van der Waals surface area contributed by atoms with Crippen molar-refractivity contribution < 1.29 is 14.3 Å². The molecule has 1 aliphatic rings. The maximum Gasteiger partial charge on any atom is 0.317 e. The van der Waals surface area contributed by atoms with Gasteiger partial charge in [0, 0.05) is 0 Å². The van der Waals surface area contributed by atoms with E-state index in [1.165, 1.54) is 96.3 Å². The van der Waals surface area contributed by atoms with Gasteiger partial charge in [0.2, 0.25) is 0 Å². The smallest absolute Gasteiger partial charge is 0.317 e. The third-order valence-electron chi connectivity index (χ3n) is 5.53. The Bertz CT molecular complexity index is 414. The van der Waals surface area contributed by atoms with Crippen LogP contribution >= 0.6 is 0 Å². The monoisotopic (exact) mass is 378 g/mol. The van der Waals surface area contributed by atoms with Gasteiger partial charge in [-0.05, 0) is 32.1 Å². The predicted octanol–water partition coefficient (Wildman–Crippen LogP) is 7.28. The van der Waals surface area contributed by atoms with Crippen molar-refractivity contribution in [2.75, 3.05) is 0 Å². The second-order valence-electron chi connectivity index (χ2n) is 8.13. The quantitative estimate of drug-likeness (QED) is 0.109. The van der Waals surface area contributed by atoms with Crippen LogP contribution < -0.4 is 0 Å². The molecule has 156 valence electrons. The summed E-state index contributed by atoms with van der Waals surface area (Å²) in [5, 5.41) is 0. The topological polar surface area (TPSA) is 43.4 Å². The van der Waals surface area contributed by atoms with Gasteiger partial charge < -0.3 is 4.74 Å². The molecule has 0 aliphatic carbocycles. The molecule has 1 saturated heterocycles. The molecule has 1 aliphatic heterocycles. The van der Waals surface area contributed by atoms with Gasteiger partial charge in [-0.25, -0.2) is 0 Å². The Labute approximate surface area is 167 Å². The third kappa shape index (κ3) is 13.7. The second kappa shape index (κ2) is 17.0. The highest BCUT2D eigenvalue weighted by atomic mass is 16.6. The first-order valence-corrected chi connectivity index (χ1v) is 11.6. The number of ether oxygens (including phenoxy) is 1. The summed E-state index contributed by atoms with van der Waals surface area (Å²) in [6.45, 7) is 2.27. The van der Waals surface area contributed by atoms with Crippen LogP contribution in [0.4, 0.5) is 0 Å². The van der Waals surface area contributed by atoms with Crippen LogP contribution in [-0.4, -0.2) is 11.9 Å². The van der Waals surface area contributed by atoms with Crippen LogP contribution in [0.5, 0.6) is 0 Å². The van der Waals surface area contributed by atoms with E-state index in [-0.39, 0.29) is 17.9 Å². The minimum absolute atomic E-state index is 0.161. The van der Waals surface area contributed by atoms with E-state index in [0.717, 1.165) is 12.8 Å². The number of cyclic esters (lactones) is 2. The Morgan fingerprint density at radius 2 is 1.22 bits per heavy atom. The van der Waals surface area contributed by atoms with Crippen LogP contribution in [0.15, 0.2) is 12.2 Å². The molecule has 0 N–H and O–H groups in total. The first-order chi connectivity index (χ1) is 13.2. The zero-order valence-corrected chi connectivity index (χ0v) is 17.7. The zero-order chi connectivity index (χ0) is 19.6. The van der Waals surface area contributed by atoms with Crippen LogP contribution in [0.25, 0.3) is 0 Å². The molecule has 3 heteroatoms. The van der Waals surface area contributed by atoms with Crippen molar-refractivity contribution in [1.29, 1.82) is 0 Å². The van der Waals surface area contributed by atoms with Gasteiger partial charge in [0.1, 0.15) is 0 Å². The molecule has 1 atom stereocenters. The molecule has 0 bridgehead atoms. The molecule has 0 aromatic rings. The van der Waals surface area contributed by atoms with Gasteiger partial charge in [0.25, 0.3) is 0 Å². The molecule has 0 aromatic heterocycles. The summed E-state index contributed by atoms with van der Waals surface area (Å²) in [5.41, 5.74) is 0. The molecule has 1 heterocycles. The summed E-state index contributed by atoms with van der Waals surface area (Å²) in [7, 11) is 0. The highest BCUT2D eigenvalue weighted by molar-refractivity contribution is 5.94. The average Bonchev–Trinajstić information content (AvgIpc) is 2.98. The highest BCUT2D eigenvalue weighted by Gasteiger charge is 2.32. The van der Waals surface area contributed by atoms with E-state index in [1.54, 1.807) is 0 Å². The summed E-state index contributed by atoms with van der Waals surface area (Å²) in [5.74, 6) is -0.810. The van der Waals surface area contributed by atoms with E-state index < -0.39 is 0 Å². The predicted molar refractivity (Wildman–Crippen MR) is 113 cm³/mol. The SMILES string of the molecule is CCCCCCCC/C=C/CCCCCCCCCCC1CC(=O)OC1=O. The molecule has 1 fully saturated rings. The van der Waals surface area contributed by atoms with Gasteiger partial charge in [-0.2, -0.15) is 0 Å². The van der Waals surface area contributed by atoms with Crippen molar-refractivity contribution in [2.24, 2.45) is 5.92 Å². The Morgan fingerprint density at radius 1 is 0.741 bits per heavy atom. The summed E-state index contributed by atoms with van der Waals surface area (Å²) in [4.78, 5) is 22.4. The lowest BCUT2D eigenvalue weighted by atomic mass is 9.99. The maximum absolute atomic E-state index is 11.4. The Kier molecular flexibility index (Phi) is 15.1. The Hall–Kier alpha value is -1.12. The van der Waals surface area contributed by atoms with Crippen molar-refractivity contribution in [3.05, 3.63) is 12.2 Å². The number of rotatable bonds is 18. The fourth-order valence-electron chi connectivity index (χ4n) is 3.73. The van der Waals surface area contributed by atoms with Crippen molar-refractivity contribution >= 4 is 11.9 Å². The van der Waals surface area contributed by atoms with Crippen molar-refractivity contribution in [2.45, 2.75) is 122 Å². The van der Waals surface area contributed by atoms with Crippen molar-refractivity contribution in [3.63, 3.8) is 0 Å². The largest absolute Gasteiger partial charge is 0.393 e. The molecule has 3 nitrogen and oxygen atoms in total. The molecule has 0 spiro atoms. The van der Waals surface area contributed by atoms with Gasteiger partial charge in [0.05, 0.1) is 12.3 Å². The molecule has 1 rings (SSSR count). The van der Waals surface area contributed by atoms with Crippen LogP contribution in [0.1, 0.15) is 122 Å². The number of hydrogen-bond acceptors (Lipinski definition) is 3. The lowest BCUT2D eigenvalue weighted by Crippen LogP contribution is -2.06. The Morgan fingerprint density at radius 3 is 1.70 bits per heavy atom. The van der Waals surface area contributed by atoms with E-state index in [0.29, 0.717) is 6.42 Å². The lowest BCUT2D eigenvalue weighted by Gasteiger charge is -2.04. The third-order valence-corrected chi connectivity index (χ3v) is 5.53. The molecule has 27 heavy (non-hydrogen) atoms. The van der Waals surface area contributed by atoms with Gasteiger partial charge in [0.15, 0.2) is 0 Å². The molecule has 0 aromatic carbocycles. The summed E-state index contributed by atoms with van der Waals surface area (Å²) in [6.07, 6.45) is 26.8. The summed E-state index contributed by atoms with van der Waals surface area (Å²) < 4.78 is 4.58. The molecular formula is C24H42O3. The van der Waals surface area contributed by atoms with Crippen LogP contribution in [0.2, 0.25) is 0 Å². The van der Waals surface area contributed by atoms with Crippen molar-refractivity contribution in [1.82, 2.24) is 0 Å². The molecule has 0 radical (unpaired) electrons. The molecule has 0 amide bonds. The first kappa shape index (κ1) is 23.9. The number of carbonyl (C=O) groups excluding carboxylic acids is 2. The number of carbonyl (C=O) groups is 2. The number of esters is 2. The second-order valence-corrected chi connectivity index (χ2v) is 8.13. The first-order valence-electron chi connectivity index (χ1n) is 11.6. The molecule has 1 unspecified atom stereocenters. The standard InChI is InChI=1S/C24H42O3/c1-2-3-4-5-6-7-8-9-10-11-12-13-14-15-16-17-18-19-20-22-21-23(25)27-24(22)26/h9-10,22H,2-8,11-21H2,1H3/b10-9+. The lowest BCUT2D eigenvalue weighted by molar-refractivity contribution is -0.153. The molecular weight excluding hydrogens is 336 g/mol. The number of unbranched alkanes of at least 4 members (excludes halogenated alkanes) is 14. The van der Waals surface area contributed by atoms with Gasteiger partial charge >= 0.3 is 11.9 Å². The maximum atomic E-state index is 11.4. The van der Waals surface area contributed by atoms with E-state index in [4.69, 9.17) is 0 Å². The van der Waals surface area contributed by atoms with E-state index in [1.807, 2.05) is 0 Å². The summed E-state index contributed by atoms with van der Waals surface area (Å²) in [6, 6.07) is 0. The minimum Gasteiger partial charge on any atom is -0.393 e. The minimum atomic E-state index is -0.345. The fourth-order valence-corrected chi connectivity index (χ4v) is 3.73. The highest BCUT2D eigenvalue weighted by Crippen LogP contribution is 2.22. The summed E-state index contributed by atoms with van der Waals surface area (Å²) >= 11 is 0. The van der Waals surface area contributed by atoms with Crippen LogP contribution in [0.3, 0.4) is 0 Å². The van der Waals surface area contributed by atoms with E-state index in [2.05, 4.69) is 23.8 Å². The number of allylic oxidation sites excluding steroid dienone is 2. The van der Waals surface area contributed by atoms with Crippen LogP contribution in [-0.2, 0) is 14.3 Å². The van der Waals surface area contributed by atoms with Gasteiger partial charge in [-0.3, -0.25) is 9.59 Å². The Balaban J connectivity index is 1.75. The molecule has 0 saturated carbocycles. The number of hydrogen-bond donors (Lipinski definition) is 0. The fraction of sp³-hybridized carbons (Fsp3) is 0.833. The van der Waals surface area contributed by atoms with E-state index >= 15 is 0 Å². The van der Waals surface area contributed by atoms with Gasteiger partial charge in [-0.1, -0.05) is 96.1 Å². The zero-order valence-electron chi connectivity index (χ0n) is 17.7. The van der Waals surface area contributed by atoms with Crippen LogP contribution in [0, 0.1) is 5.92 Å². The average molecular weight is 379 g/mol. The van der Waals surface area contributed by atoms with E-state index in [9.17, 15) is 9.59 Å². The normalized spacial score (nSPS) is 17.1. The van der Waals surface area contributed by atoms with Gasteiger partial charge in [-0.15, -0.1) is 0 Å².